The molecule has 0 spiro atoms. The number of hydrogen-bond donors (Lipinski definition) is 1. The molecule has 0 amide bonds. The summed E-state index contributed by atoms with van der Waals surface area (Å²) in [5, 5.41) is 6.58. The summed E-state index contributed by atoms with van der Waals surface area (Å²) in [5.74, 6) is 0. The van der Waals surface area contributed by atoms with Gasteiger partial charge in [0.25, 0.3) is 0 Å². The average molecular weight is 208 g/mol. The second-order valence-corrected chi connectivity index (χ2v) is 4.59. The van der Waals surface area contributed by atoms with E-state index in [4.69, 9.17) is 0 Å². The van der Waals surface area contributed by atoms with E-state index in [1.807, 2.05) is 7.05 Å². The van der Waals surface area contributed by atoms with Gasteiger partial charge in [0.15, 0.2) is 0 Å². The van der Waals surface area contributed by atoms with Crippen molar-refractivity contribution in [2.75, 3.05) is 7.05 Å². The first-order valence-electron chi connectivity index (χ1n) is 5.13. The molecule has 1 aliphatic carbocycles. The highest BCUT2D eigenvalue weighted by Crippen LogP contribution is 2.29. The molecule has 1 N–H and O–H groups in total. The van der Waals surface area contributed by atoms with Crippen LogP contribution >= 0.6 is 11.3 Å². The van der Waals surface area contributed by atoms with Crippen molar-refractivity contribution in [2.24, 2.45) is 0 Å². The standard InChI is InChI=1S/C11H16N2S/c1-8(12-2)11-13-10(7-14-11)9-5-3-4-6-9/h5,7-8,12H,3-4,6H2,1-2H3. The first-order chi connectivity index (χ1) is 6.81. The minimum absolute atomic E-state index is 0.371. The van der Waals surface area contributed by atoms with E-state index in [0.717, 1.165) is 0 Å². The number of thiazole rings is 1. The Morgan fingerprint density at radius 3 is 3.07 bits per heavy atom. The van der Waals surface area contributed by atoms with E-state index in [-0.39, 0.29) is 0 Å². The molecule has 0 aliphatic heterocycles. The smallest absolute Gasteiger partial charge is 0.110 e. The second-order valence-electron chi connectivity index (χ2n) is 3.70. The van der Waals surface area contributed by atoms with Crippen LogP contribution in [0.15, 0.2) is 11.5 Å². The molecular weight excluding hydrogens is 192 g/mol. The molecule has 0 saturated carbocycles. The molecule has 0 bridgehead atoms. The molecule has 1 heterocycles. The van der Waals surface area contributed by atoms with E-state index in [0.29, 0.717) is 6.04 Å². The molecule has 0 saturated heterocycles. The normalized spacial score (nSPS) is 18.3. The lowest BCUT2D eigenvalue weighted by Crippen LogP contribution is -2.11. The van der Waals surface area contributed by atoms with Gasteiger partial charge in [-0.3, -0.25) is 0 Å². The van der Waals surface area contributed by atoms with Gasteiger partial charge in [0, 0.05) is 5.38 Å². The molecule has 0 fully saturated rings. The summed E-state index contributed by atoms with van der Waals surface area (Å²) in [7, 11) is 1.97. The van der Waals surface area contributed by atoms with Gasteiger partial charge in [-0.05, 0) is 38.8 Å². The number of hydrogen-bond acceptors (Lipinski definition) is 3. The van der Waals surface area contributed by atoms with Crippen LogP contribution in [-0.4, -0.2) is 12.0 Å². The molecule has 1 atom stereocenters. The third-order valence-electron chi connectivity index (χ3n) is 2.70. The van der Waals surface area contributed by atoms with Gasteiger partial charge in [0.1, 0.15) is 5.01 Å². The van der Waals surface area contributed by atoms with Gasteiger partial charge in [0.05, 0.1) is 11.7 Å². The second kappa shape index (κ2) is 4.24. The van der Waals surface area contributed by atoms with Crippen molar-refractivity contribution in [1.29, 1.82) is 0 Å². The van der Waals surface area contributed by atoms with Crippen molar-refractivity contribution in [3.05, 3.63) is 22.2 Å². The number of nitrogens with zero attached hydrogens (tertiary/aromatic N) is 1. The van der Waals surface area contributed by atoms with E-state index in [1.54, 1.807) is 11.3 Å². The Hall–Kier alpha value is -0.670. The van der Waals surface area contributed by atoms with E-state index < -0.39 is 0 Å². The van der Waals surface area contributed by atoms with Crippen molar-refractivity contribution in [3.63, 3.8) is 0 Å². The predicted octanol–water partition coefficient (Wildman–Crippen LogP) is 2.99. The average Bonchev–Trinajstić information content (AvgIpc) is 2.86. The lowest BCUT2D eigenvalue weighted by molar-refractivity contribution is 0.647. The van der Waals surface area contributed by atoms with Gasteiger partial charge in [-0.25, -0.2) is 4.98 Å². The topological polar surface area (TPSA) is 24.9 Å². The monoisotopic (exact) mass is 208 g/mol. The van der Waals surface area contributed by atoms with Crippen LogP contribution < -0.4 is 5.32 Å². The van der Waals surface area contributed by atoms with Gasteiger partial charge in [-0.2, -0.15) is 0 Å². The van der Waals surface area contributed by atoms with Crippen LogP contribution in [0.1, 0.15) is 42.9 Å². The molecule has 1 aromatic rings. The highest BCUT2D eigenvalue weighted by atomic mass is 32.1. The third kappa shape index (κ3) is 1.88. The first kappa shape index (κ1) is 9.87. The van der Waals surface area contributed by atoms with E-state index in [2.05, 4.69) is 28.7 Å². The van der Waals surface area contributed by atoms with Gasteiger partial charge in [0.2, 0.25) is 0 Å². The van der Waals surface area contributed by atoms with Gasteiger partial charge < -0.3 is 5.32 Å². The Morgan fingerprint density at radius 2 is 2.43 bits per heavy atom. The van der Waals surface area contributed by atoms with Crippen LogP contribution in [0.2, 0.25) is 0 Å². The zero-order valence-corrected chi connectivity index (χ0v) is 9.53. The van der Waals surface area contributed by atoms with Crippen LogP contribution in [0.5, 0.6) is 0 Å². The Labute approximate surface area is 89.1 Å². The summed E-state index contributed by atoms with van der Waals surface area (Å²) in [4.78, 5) is 4.65. The van der Waals surface area contributed by atoms with Gasteiger partial charge in [-0.15, -0.1) is 11.3 Å². The van der Waals surface area contributed by atoms with Crippen molar-refractivity contribution < 1.29 is 0 Å². The SMILES string of the molecule is CNC(C)c1nc(C2=CCCC2)cs1. The Kier molecular flexibility index (Phi) is 2.99. The fraction of sp³-hybridized carbons (Fsp3) is 0.545. The minimum Gasteiger partial charge on any atom is -0.311 e. The molecule has 1 aliphatic rings. The molecule has 2 rings (SSSR count). The lowest BCUT2D eigenvalue weighted by atomic mass is 10.2. The van der Waals surface area contributed by atoms with Crippen LogP contribution in [-0.2, 0) is 0 Å². The molecule has 1 unspecified atom stereocenters. The summed E-state index contributed by atoms with van der Waals surface area (Å²) in [6.45, 7) is 2.14. The van der Waals surface area contributed by atoms with Crippen LogP contribution in [0.4, 0.5) is 0 Å². The highest BCUT2D eigenvalue weighted by Gasteiger charge is 2.13. The minimum atomic E-state index is 0.371. The lowest BCUT2D eigenvalue weighted by Gasteiger charge is -2.04. The van der Waals surface area contributed by atoms with Gasteiger partial charge in [-0.1, -0.05) is 6.08 Å². The number of rotatable bonds is 3. The summed E-state index contributed by atoms with van der Waals surface area (Å²) in [5.41, 5.74) is 2.64. The number of allylic oxidation sites excluding steroid dienone is 2. The van der Waals surface area contributed by atoms with Crippen LogP contribution in [0.3, 0.4) is 0 Å². The maximum absolute atomic E-state index is 4.65. The number of aromatic nitrogens is 1. The summed E-state index contributed by atoms with van der Waals surface area (Å²) < 4.78 is 0. The number of nitrogens with one attached hydrogen (secondary N) is 1. The summed E-state index contributed by atoms with van der Waals surface area (Å²) in [6, 6.07) is 0.371. The van der Waals surface area contributed by atoms with Crippen molar-refractivity contribution in [1.82, 2.24) is 10.3 Å². The van der Waals surface area contributed by atoms with E-state index in [9.17, 15) is 0 Å². The van der Waals surface area contributed by atoms with Gasteiger partial charge >= 0.3 is 0 Å². The zero-order chi connectivity index (χ0) is 9.97. The molecule has 14 heavy (non-hydrogen) atoms. The maximum Gasteiger partial charge on any atom is 0.110 e. The molecule has 0 radical (unpaired) electrons. The summed E-state index contributed by atoms with van der Waals surface area (Å²) in [6.07, 6.45) is 6.05. The fourth-order valence-corrected chi connectivity index (χ4v) is 2.57. The molecule has 2 nitrogen and oxygen atoms in total. The zero-order valence-electron chi connectivity index (χ0n) is 8.71. The Morgan fingerprint density at radius 1 is 1.57 bits per heavy atom. The predicted molar refractivity (Wildman–Crippen MR) is 61.4 cm³/mol. The van der Waals surface area contributed by atoms with Crippen molar-refractivity contribution in [2.45, 2.75) is 32.2 Å². The van der Waals surface area contributed by atoms with E-state index >= 15 is 0 Å². The quantitative estimate of drug-likeness (QED) is 0.826. The molecule has 1 aromatic heterocycles. The van der Waals surface area contributed by atoms with Crippen LogP contribution in [0, 0.1) is 0 Å². The highest BCUT2D eigenvalue weighted by molar-refractivity contribution is 7.09. The Bertz CT molecular complexity index is 341. The van der Waals surface area contributed by atoms with Crippen molar-refractivity contribution in [3.8, 4) is 0 Å². The molecule has 3 heteroatoms. The molecule has 0 aromatic carbocycles. The van der Waals surface area contributed by atoms with E-state index in [1.165, 1.54) is 35.5 Å². The first-order valence-corrected chi connectivity index (χ1v) is 6.01. The van der Waals surface area contributed by atoms with Crippen molar-refractivity contribution >= 4 is 16.9 Å². The fourth-order valence-electron chi connectivity index (χ4n) is 1.66. The largest absolute Gasteiger partial charge is 0.311 e. The summed E-state index contributed by atoms with van der Waals surface area (Å²) >= 11 is 1.75. The third-order valence-corrected chi connectivity index (χ3v) is 3.72. The molecule has 76 valence electrons. The molecular formula is C11H16N2S. The van der Waals surface area contributed by atoms with Crippen LogP contribution in [0.25, 0.3) is 5.57 Å². The maximum atomic E-state index is 4.65. The Balaban J connectivity index is 2.17.